The van der Waals surface area contributed by atoms with Gasteiger partial charge in [0.25, 0.3) is 0 Å². The molecule has 158 valence electrons. The number of rotatable bonds is 9. The van der Waals surface area contributed by atoms with Crippen LogP contribution in [0.1, 0.15) is 22.3 Å². The number of fused-ring (bicyclic) bond motifs is 1. The fraction of sp³-hybridized carbons (Fsp3) is 0.190. The molecule has 8 nitrogen and oxygen atoms in total. The SMILES string of the molecule is NC(=O)CSC(Cc1nn[nH]n1)c1cccc(OCc2ccc3ccc(Cl)cc3n2)c1. The van der Waals surface area contributed by atoms with Crippen molar-refractivity contribution in [1.82, 2.24) is 25.6 Å². The van der Waals surface area contributed by atoms with E-state index < -0.39 is 0 Å². The van der Waals surface area contributed by atoms with Crippen LogP contribution in [-0.2, 0) is 17.8 Å². The Kier molecular flexibility index (Phi) is 6.63. The predicted octanol–water partition coefficient (Wildman–Crippen LogP) is 3.48. The van der Waals surface area contributed by atoms with Gasteiger partial charge in [-0.3, -0.25) is 4.79 Å². The summed E-state index contributed by atoms with van der Waals surface area (Å²) in [5.41, 5.74) is 7.93. The van der Waals surface area contributed by atoms with Crippen LogP contribution in [0, 0.1) is 0 Å². The molecule has 31 heavy (non-hydrogen) atoms. The van der Waals surface area contributed by atoms with Crippen molar-refractivity contribution in [3.05, 3.63) is 76.7 Å². The maximum Gasteiger partial charge on any atom is 0.227 e. The summed E-state index contributed by atoms with van der Waals surface area (Å²) in [7, 11) is 0. The summed E-state index contributed by atoms with van der Waals surface area (Å²) in [4.78, 5) is 15.9. The van der Waals surface area contributed by atoms with Crippen molar-refractivity contribution in [1.29, 1.82) is 0 Å². The average molecular weight is 455 g/mol. The van der Waals surface area contributed by atoms with Gasteiger partial charge in [0.2, 0.25) is 5.91 Å². The highest BCUT2D eigenvalue weighted by Gasteiger charge is 2.17. The number of carbonyl (C=O) groups is 1. The van der Waals surface area contributed by atoms with Crippen molar-refractivity contribution in [3.8, 4) is 5.75 Å². The highest BCUT2D eigenvalue weighted by Crippen LogP contribution is 2.33. The predicted molar refractivity (Wildman–Crippen MR) is 120 cm³/mol. The molecule has 4 rings (SSSR count). The number of ether oxygens (including phenoxy) is 1. The number of carbonyl (C=O) groups excluding carboxylic acids is 1. The van der Waals surface area contributed by atoms with Crippen molar-refractivity contribution in [2.45, 2.75) is 18.3 Å². The van der Waals surface area contributed by atoms with E-state index in [0.29, 0.717) is 29.6 Å². The molecule has 0 aliphatic heterocycles. The van der Waals surface area contributed by atoms with Gasteiger partial charge in [0.1, 0.15) is 12.4 Å². The van der Waals surface area contributed by atoms with Gasteiger partial charge in [-0.05, 0) is 35.9 Å². The maximum atomic E-state index is 11.3. The summed E-state index contributed by atoms with van der Waals surface area (Å²) in [5, 5.41) is 15.7. The van der Waals surface area contributed by atoms with E-state index in [9.17, 15) is 4.79 Å². The first-order valence-corrected chi connectivity index (χ1v) is 10.9. The Bertz CT molecular complexity index is 1190. The van der Waals surface area contributed by atoms with Crippen LogP contribution in [0.5, 0.6) is 5.75 Å². The van der Waals surface area contributed by atoms with E-state index in [1.165, 1.54) is 11.8 Å². The number of H-pyrrole nitrogens is 1. The maximum absolute atomic E-state index is 11.3. The first kappa shape index (κ1) is 21.1. The number of nitrogens with two attached hydrogens (primary N) is 1. The van der Waals surface area contributed by atoms with Gasteiger partial charge in [-0.1, -0.05) is 41.1 Å². The second-order valence-electron chi connectivity index (χ2n) is 6.80. The third-order valence-corrected chi connectivity index (χ3v) is 6.04. The molecule has 1 amide bonds. The van der Waals surface area contributed by atoms with Crippen LogP contribution in [0.15, 0.2) is 54.6 Å². The van der Waals surface area contributed by atoms with E-state index in [2.05, 4.69) is 25.6 Å². The number of benzene rings is 2. The molecule has 0 aliphatic carbocycles. The molecule has 0 spiro atoms. The van der Waals surface area contributed by atoms with Gasteiger partial charge in [0.15, 0.2) is 5.82 Å². The minimum atomic E-state index is -0.377. The number of amides is 1. The Morgan fingerprint density at radius 1 is 1.19 bits per heavy atom. The molecule has 0 saturated carbocycles. The third kappa shape index (κ3) is 5.71. The van der Waals surface area contributed by atoms with Crippen LogP contribution >= 0.6 is 23.4 Å². The highest BCUT2D eigenvalue weighted by atomic mass is 35.5. The standard InChI is InChI=1S/C21H19ClN6O2S/c22-15-6-4-13-5-7-16(24-18(13)9-15)11-30-17-3-1-2-14(8-17)19(31-12-20(23)29)10-21-25-27-28-26-21/h1-9,19H,10-12H2,(H2,23,29)(H,25,26,27,28). The van der Waals surface area contributed by atoms with Crippen molar-refractivity contribution < 1.29 is 9.53 Å². The molecule has 2 heterocycles. The number of aromatic nitrogens is 5. The minimum absolute atomic E-state index is 0.0745. The van der Waals surface area contributed by atoms with Crippen LogP contribution in [-0.4, -0.2) is 37.3 Å². The molecule has 0 bridgehead atoms. The van der Waals surface area contributed by atoms with Crippen molar-refractivity contribution in [3.63, 3.8) is 0 Å². The Hall–Kier alpha value is -3.17. The van der Waals surface area contributed by atoms with E-state index >= 15 is 0 Å². The first-order valence-electron chi connectivity index (χ1n) is 9.47. The molecule has 4 aromatic rings. The number of hydrogen-bond acceptors (Lipinski definition) is 7. The number of hydrogen-bond donors (Lipinski definition) is 2. The smallest absolute Gasteiger partial charge is 0.227 e. The number of nitrogens with one attached hydrogen (secondary N) is 1. The lowest BCUT2D eigenvalue weighted by molar-refractivity contribution is -0.115. The Labute approximate surface area is 187 Å². The number of tetrazole rings is 1. The number of primary amides is 1. The van der Waals surface area contributed by atoms with Crippen LogP contribution in [0.25, 0.3) is 10.9 Å². The average Bonchev–Trinajstić information content (AvgIpc) is 3.28. The molecule has 0 saturated heterocycles. The van der Waals surface area contributed by atoms with Crippen molar-refractivity contribution in [2.24, 2.45) is 5.73 Å². The molecule has 1 atom stereocenters. The van der Waals surface area contributed by atoms with E-state index in [0.717, 1.165) is 22.2 Å². The number of aromatic amines is 1. The zero-order valence-electron chi connectivity index (χ0n) is 16.4. The molecule has 0 aliphatic rings. The van der Waals surface area contributed by atoms with Crippen LogP contribution < -0.4 is 10.5 Å². The number of nitrogens with zero attached hydrogens (tertiary/aromatic N) is 4. The van der Waals surface area contributed by atoms with Crippen LogP contribution in [0.2, 0.25) is 5.02 Å². The number of halogens is 1. The molecule has 10 heteroatoms. The van der Waals surface area contributed by atoms with Gasteiger partial charge in [-0.2, -0.15) is 5.21 Å². The molecule has 0 fully saturated rings. The first-order chi connectivity index (χ1) is 15.1. The van der Waals surface area contributed by atoms with Crippen molar-refractivity contribution in [2.75, 3.05) is 5.75 Å². The second kappa shape index (κ2) is 9.76. The van der Waals surface area contributed by atoms with E-state index in [4.69, 9.17) is 22.1 Å². The lowest BCUT2D eigenvalue weighted by atomic mass is 10.1. The zero-order chi connectivity index (χ0) is 21.6. The molecular formula is C21H19ClN6O2S. The summed E-state index contributed by atoms with van der Waals surface area (Å²) in [5.74, 6) is 1.07. The van der Waals surface area contributed by atoms with Gasteiger partial charge in [0.05, 0.1) is 17.0 Å². The molecule has 1 unspecified atom stereocenters. The molecule has 3 N–H and O–H groups in total. The fourth-order valence-corrected chi connectivity index (χ4v) is 4.20. The molecule has 2 aromatic heterocycles. The molecule has 2 aromatic carbocycles. The van der Waals surface area contributed by atoms with E-state index in [1.54, 1.807) is 0 Å². The molecular weight excluding hydrogens is 436 g/mol. The number of thioether (sulfide) groups is 1. The topological polar surface area (TPSA) is 120 Å². The largest absolute Gasteiger partial charge is 0.487 e. The van der Waals surface area contributed by atoms with E-state index in [1.807, 2.05) is 54.6 Å². The third-order valence-electron chi connectivity index (χ3n) is 4.51. The number of pyridine rings is 1. The summed E-state index contributed by atoms with van der Waals surface area (Å²) in [6.07, 6.45) is 0.505. The van der Waals surface area contributed by atoms with Gasteiger partial charge >= 0.3 is 0 Å². The Morgan fingerprint density at radius 3 is 2.87 bits per heavy atom. The lowest BCUT2D eigenvalue weighted by Crippen LogP contribution is -2.15. The lowest BCUT2D eigenvalue weighted by Gasteiger charge is -2.16. The zero-order valence-corrected chi connectivity index (χ0v) is 17.9. The van der Waals surface area contributed by atoms with E-state index in [-0.39, 0.29) is 16.9 Å². The van der Waals surface area contributed by atoms with Crippen LogP contribution in [0.4, 0.5) is 0 Å². The summed E-state index contributed by atoms with van der Waals surface area (Å²) < 4.78 is 5.98. The van der Waals surface area contributed by atoms with Crippen LogP contribution in [0.3, 0.4) is 0 Å². The summed E-state index contributed by atoms with van der Waals surface area (Å²) in [6, 6.07) is 17.2. The second-order valence-corrected chi connectivity index (χ2v) is 8.43. The van der Waals surface area contributed by atoms with Gasteiger partial charge in [-0.15, -0.1) is 22.0 Å². The summed E-state index contributed by atoms with van der Waals surface area (Å²) >= 11 is 7.50. The normalized spacial score (nSPS) is 12.0. The van der Waals surface area contributed by atoms with Gasteiger partial charge in [0, 0.05) is 22.1 Å². The summed E-state index contributed by atoms with van der Waals surface area (Å²) in [6.45, 7) is 0.315. The highest BCUT2D eigenvalue weighted by molar-refractivity contribution is 8.00. The fourth-order valence-electron chi connectivity index (χ4n) is 3.07. The van der Waals surface area contributed by atoms with Crippen molar-refractivity contribution >= 4 is 40.2 Å². The van der Waals surface area contributed by atoms with Gasteiger partial charge in [-0.25, -0.2) is 4.98 Å². The quantitative estimate of drug-likeness (QED) is 0.397. The van der Waals surface area contributed by atoms with Gasteiger partial charge < -0.3 is 10.5 Å². The monoisotopic (exact) mass is 454 g/mol. The minimum Gasteiger partial charge on any atom is -0.487 e. The Balaban J connectivity index is 1.48. The molecule has 0 radical (unpaired) electrons. The Morgan fingerprint density at radius 2 is 2.06 bits per heavy atom.